The van der Waals surface area contributed by atoms with Crippen molar-refractivity contribution in [3.8, 4) is 0 Å². The molecule has 5 heteroatoms. The van der Waals surface area contributed by atoms with Crippen LogP contribution < -0.4 is 10.6 Å². The van der Waals surface area contributed by atoms with E-state index in [0.717, 1.165) is 16.8 Å². The van der Waals surface area contributed by atoms with Crippen LogP contribution in [0.2, 0.25) is 0 Å². The summed E-state index contributed by atoms with van der Waals surface area (Å²) in [6.45, 7) is 2.23. The molecular weight excluding hydrogens is 292 g/mol. The third-order valence-electron chi connectivity index (χ3n) is 3.17. The van der Waals surface area contributed by atoms with E-state index in [0.29, 0.717) is 13.0 Å². The molecule has 2 aromatic carbocycles. The Balaban J connectivity index is 1.68. The number of hydrogen-bond donors (Lipinski definition) is 2. The van der Waals surface area contributed by atoms with Crippen molar-refractivity contribution >= 4 is 17.7 Å². The first-order valence-corrected chi connectivity index (χ1v) is 7.44. The Labute approximate surface area is 135 Å². The van der Waals surface area contributed by atoms with E-state index in [2.05, 4.69) is 10.6 Å². The van der Waals surface area contributed by atoms with Crippen LogP contribution in [0.5, 0.6) is 0 Å². The van der Waals surface area contributed by atoms with Crippen LogP contribution in [0.15, 0.2) is 54.6 Å². The SMILES string of the molecule is CC(=O)Nc1ccc(CCNC(=O)OCc2ccccc2)cc1. The Hall–Kier alpha value is -2.82. The molecule has 2 rings (SSSR count). The first-order chi connectivity index (χ1) is 11.1. The van der Waals surface area contributed by atoms with Crippen LogP contribution in [-0.2, 0) is 22.6 Å². The number of amides is 2. The predicted molar refractivity (Wildman–Crippen MR) is 89.1 cm³/mol. The smallest absolute Gasteiger partial charge is 0.407 e. The minimum atomic E-state index is -0.427. The molecule has 0 aliphatic heterocycles. The molecule has 2 aromatic rings. The molecule has 0 atom stereocenters. The molecule has 0 saturated carbocycles. The van der Waals surface area contributed by atoms with E-state index in [4.69, 9.17) is 4.74 Å². The maximum Gasteiger partial charge on any atom is 0.407 e. The van der Waals surface area contributed by atoms with E-state index < -0.39 is 6.09 Å². The van der Waals surface area contributed by atoms with Crippen molar-refractivity contribution in [3.63, 3.8) is 0 Å². The second kappa shape index (κ2) is 8.58. The van der Waals surface area contributed by atoms with Gasteiger partial charge in [0.05, 0.1) is 0 Å². The van der Waals surface area contributed by atoms with Crippen molar-refractivity contribution < 1.29 is 14.3 Å². The summed E-state index contributed by atoms with van der Waals surface area (Å²) in [5, 5.41) is 5.43. The fourth-order valence-electron chi connectivity index (χ4n) is 2.04. The Bertz CT molecular complexity index is 639. The number of anilines is 1. The van der Waals surface area contributed by atoms with Crippen molar-refractivity contribution in [1.82, 2.24) is 5.32 Å². The number of carbonyl (C=O) groups excluding carboxylic acids is 2. The topological polar surface area (TPSA) is 67.4 Å². The predicted octanol–water partition coefficient (Wildman–Crippen LogP) is 3.11. The first kappa shape index (κ1) is 16.5. The molecule has 0 aliphatic rings. The molecule has 0 spiro atoms. The number of ether oxygens (including phenoxy) is 1. The third-order valence-corrected chi connectivity index (χ3v) is 3.17. The normalized spacial score (nSPS) is 9.96. The summed E-state index contributed by atoms with van der Waals surface area (Å²) in [6, 6.07) is 17.1. The van der Waals surface area contributed by atoms with Crippen LogP contribution in [0.3, 0.4) is 0 Å². The van der Waals surface area contributed by atoms with E-state index in [-0.39, 0.29) is 12.5 Å². The van der Waals surface area contributed by atoms with Crippen molar-refractivity contribution in [2.24, 2.45) is 0 Å². The number of nitrogens with one attached hydrogen (secondary N) is 2. The van der Waals surface area contributed by atoms with Gasteiger partial charge >= 0.3 is 6.09 Å². The largest absolute Gasteiger partial charge is 0.445 e. The molecule has 2 amide bonds. The van der Waals surface area contributed by atoms with E-state index in [1.807, 2.05) is 54.6 Å². The van der Waals surface area contributed by atoms with Gasteiger partial charge in [-0.15, -0.1) is 0 Å². The first-order valence-electron chi connectivity index (χ1n) is 7.44. The molecular formula is C18H20N2O3. The fraction of sp³-hybridized carbons (Fsp3) is 0.222. The highest BCUT2D eigenvalue weighted by molar-refractivity contribution is 5.88. The molecule has 120 valence electrons. The van der Waals surface area contributed by atoms with Gasteiger partial charge in [0.1, 0.15) is 6.61 Å². The van der Waals surface area contributed by atoms with Gasteiger partial charge in [0.15, 0.2) is 0 Å². The summed E-state index contributed by atoms with van der Waals surface area (Å²) in [7, 11) is 0. The Morgan fingerprint density at radius 3 is 2.30 bits per heavy atom. The van der Waals surface area contributed by atoms with Gasteiger partial charge in [0.2, 0.25) is 5.91 Å². The van der Waals surface area contributed by atoms with Crippen molar-refractivity contribution in [2.45, 2.75) is 20.0 Å². The molecule has 23 heavy (non-hydrogen) atoms. The van der Waals surface area contributed by atoms with Crippen LogP contribution in [0.1, 0.15) is 18.1 Å². The van der Waals surface area contributed by atoms with Crippen LogP contribution in [0, 0.1) is 0 Å². The third kappa shape index (κ3) is 6.22. The second-order valence-electron chi connectivity index (χ2n) is 5.12. The van der Waals surface area contributed by atoms with Crippen molar-refractivity contribution in [3.05, 3.63) is 65.7 Å². The molecule has 0 aliphatic carbocycles. The van der Waals surface area contributed by atoms with Gasteiger partial charge in [-0.1, -0.05) is 42.5 Å². The quantitative estimate of drug-likeness (QED) is 0.861. The molecule has 0 radical (unpaired) electrons. The van der Waals surface area contributed by atoms with Crippen LogP contribution in [0.4, 0.5) is 10.5 Å². The molecule has 0 heterocycles. The van der Waals surface area contributed by atoms with E-state index >= 15 is 0 Å². The monoisotopic (exact) mass is 312 g/mol. The van der Waals surface area contributed by atoms with Gasteiger partial charge in [-0.3, -0.25) is 4.79 Å². The number of hydrogen-bond acceptors (Lipinski definition) is 3. The molecule has 0 bridgehead atoms. The number of rotatable bonds is 6. The minimum absolute atomic E-state index is 0.0967. The van der Waals surface area contributed by atoms with Crippen molar-refractivity contribution in [2.75, 3.05) is 11.9 Å². The van der Waals surface area contributed by atoms with Crippen molar-refractivity contribution in [1.29, 1.82) is 0 Å². The molecule has 0 fully saturated rings. The average Bonchev–Trinajstić information content (AvgIpc) is 2.55. The summed E-state index contributed by atoms with van der Waals surface area (Å²) in [5.74, 6) is -0.0967. The highest BCUT2D eigenvalue weighted by Gasteiger charge is 2.02. The molecule has 0 unspecified atom stereocenters. The Morgan fingerprint density at radius 1 is 0.957 bits per heavy atom. The summed E-state index contributed by atoms with van der Waals surface area (Å²) in [6.07, 6.45) is 0.268. The zero-order valence-electron chi connectivity index (χ0n) is 13.0. The minimum Gasteiger partial charge on any atom is -0.445 e. The number of carbonyl (C=O) groups is 2. The molecule has 2 N–H and O–H groups in total. The van der Waals surface area contributed by atoms with E-state index in [1.54, 1.807) is 0 Å². The Kier molecular flexibility index (Phi) is 6.17. The lowest BCUT2D eigenvalue weighted by Crippen LogP contribution is -2.26. The Morgan fingerprint density at radius 2 is 1.65 bits per heavy atom. The summed E-state index contributed by atoms with van der Waals surface area (Å²) >= 11 is 0. The van der Waals surface area contributed by atoms with Crippen LogP contribution in [0.25, 0.3) is 0 Å². The van der Waals surface area contributed by atoms with Crippen LogP contribution >= 0.6 is 0 Å². The zero-order valence-corrected chi connectivity index (χ0v) is 13.0. The second-order valence-corrected chi connectivity index (χ2v) is 5.12. The number of benzene rings is 2. The van der Waals surface area contributed by atoms with Gasteiger partial charge in [0.25, 0.3) is 0 Å². The molecule has 0 aromatic heterocycles. The van der Waals surface area contributed by atoms with Gasteiger partial charge in [-0.05, 0) is 29.7 Å². The van der Waals surface area contributed by atoms with E-state index in [9.17, 15) is 9.59 Å². The molecule has 5 nitrogen and oxygen atoms in total. The fourth-order valence-corrected chi connectivity index (χ4v) is 2.04. The van der Waals surface area contributed by atoms with Crippen LogP contribution in [-0.4, -0.2) is 18.5 Å². The van der Waals surface area contributed by atoms with E-state index in [1.165, 1.54) is 6.92 Å². The highest BCUT2D eigenvalue weighted by atomic mass is 16.5. The summed E-state index contributed by atoms with van der Waals surface area (Å²) in [4.78, 5) is 22.5. The summed E-state index contributed by atoms with van der Waals surface area (Å²) in [5.41, 5.74) is 2.79. The maximum absolute atomic E-state index is 11.6. The standard InChI is InChI=1S/C18H20N2O3/c1-14(21)20-17-9-7-15(8-10-17)11-12-19-18(22)23-13-16-5-3-2-4-6-16/h2-10H,11-13H2,1H3,(H,19,22)(H,20,21). The van der Waals surface area contributed by atoms with Gasteiger partial charge < -0.3 is 15.4 Å². The molecule has 0 saturated heterocycles. The van der Waals surface area contributed by atoms with Gasteiger partial charge in [0, 0.05) is 19.2 Å². The number of alkyl carbamates (subject to hydrolysis) is 1. The lowest BCUT2D eigenvalue weighted by atomic mass is 10.1. The zero-order chi connectivity index (χ0) is 16.5. The summed E-state index contributed by atoms with van der Waals surface area (Å²) < 4.78 is 5.13. The maximum atomic E-state index is 11.6. The average molecular weight is 312 g/mol. The van der Waals surface area contributed by atoms with Gasteiger partial charge in [-0.2, -0.15) is 0 Å². The lowest BCUT2D eigenvalue weighted by Gasteiger charge is -2.08. The lowest BCUT2D eigenvalue weighted by molar-refractivity contribution is -0.114. The highest BCUT2D eigenvalue weighted by Crippen LogP contribution is 2.09. The van der Waals surface area contributed by atoms with Gasteiger partial charge in [-0.25, -0.2) is 4.79 Å².